The predicted molar refractivity (Wildman–Crippen MR) is 70.1 cm³/mol. The Morgan fingerprint density at radius 3 is 3.06 bits per heavy atom. The second-order valence-electron chi connectivity index (χ2n) is 3.55. The topological polar surface area (TPSA) is 49.3 Å². The third-order valence-corrected chi connectivity index (χ3v) is 3.09. The summed E-state index contributed by atoms with van der Waals surface area (Å²) in [6, 6.07) is 3.62. The molecule has 0 unspecified atom stereocenters. The molecule has 0 aromatic carbocycles. The van der Waals surface area contributed by atoms with Crippen LogP contribution in [0.5, 0.6) is 0 Å². The van der Waals surface area contributed by atoms with Crippen molar-refractivity contribution in [2.75, 3.05) is 13.2 Å². The van der Waals surface area contributed by atoms with E-state index in [1.165, 1.54) is 11.3 Å². The van der Waals surface area contributed by atoms with Crippen molar-refractivity contribution in [1.82, 2.24) is 5.32 Å². The van der Waals surface area contributed by atoms with Crippen LogP contribution in [0.2, 0.25) is 0 Å². The van der Waals surface area contributed by atoms with Crippen LogP contribution in [0, 0.1) is 11.8 Å². The second-order valence-corrected chi connectivity index (χ2v) is 4.63. The van der Waals surface area contributed by atoms with Crippen LogP contribution in [-0.2, 0) is 0 Å². The number of carbonyl (C=O) groups is 1. The highest BCUT2D eigenvalue weighted by Crippen LogP contribution is 2.15. The molecule has 1 amide bonds. The van der Waals surface area contributed by atoms with Gasteiger partial charge in [0.25, 0.3) is 5.91 Å². The number of nitrogens with one attached hydrogen (secondary N) is 1. The van der Waals surface area contributed by atoms with E-state index in [2.05, 4.69) is 24.1 Å². The summed E-state index contributed by atoms with van der Waals surface area (Å²) >= 11 is 1.38. The fourth-order valence-corrected chi connectivity index (χ4v) is 2.00. The number of thiophene rings is 1. The molecule has 1 aromatic rings. The molecule has 3 nitrogen and oxygen atoms in total. The van der Waals surface area contributed by atoms with Crippen molar-refractivity contribution in [3.05, 3.63) is 21.9 Å². The minimum absolute atomic E-state index is 0.0290. The quantitative estimate of drug-likeness (QED) is 0.621. The molecule has 0 saturated heterocycles. The minimum atomic E-state index is -0.0290. The summed E-state index contributed by atoms with van der Waals surface area (Å²) in [6.07, 6.45) is 2.54. The van der Waals surface area contributed by atoms with Crippen LogP contribution in [-0.4, -0.2) is 24.2 Å². The van der Waals surface area contributed by atoms with Crippen molar-refractivity contribution in [2.45, 2.75) is 26.2 Å². The largest absolute Gasteiger partial charge is 0.395 e. The van der Waals surface area contributed by atoms with E-state index in [9.17, 15) is 4.79 Å². The van der Waals surface area contributed by atoms with Gasteiger partial charge >= 0.3 is 0 Å². The van der Waals surface area contributed by atoms with Gasteiger partial charge in [-0.3, -0.25) is 4.79 Å². The third kappa shape index (κ3) is 5.03. The van der Waals surface area contributed by atoms with Gasteiger partial charge in [-0.1, -0.05) is 25.2 Å². The summed E-state index contributed by atoms with van der Waals surface area (Å²) in [5, 5.41) is 11.5. The van der Waals surface area contributed by atoms with E-state index in [1.54, 1.807) is 6.07 Å². The van der Waals surface area contributed by atoms with Crippen LogP contribution in [0.25, 0.3) is 0 Å². The Hall–Kier alpha value is -1.31. The van der Waals surface area contributed by atoms with Gasteiger partial charge in [0.1, 0.15) is 0 Å². The summed E-state index contributed by atoms with van der Waals surface area (Å²) in [4.78, 5) is 13.2. The van der Waals surface area contributed by atoms with Crippen LogP contribution in [0.1, 0.15) is 40.7 Å². The maximum Gasteiger partial charge on any atom is 0.261 e. The van der Waals surface area contributed by atoms with Crippen LogP contribution in [0.4, 0.5) is 0 Å². The Morgan fingerprint density at radius 2 is 2.35 bits per heavy atom. The smallest absolute Gasteiger partial charge is 0.261 e. The number of hydrogen-bond donors (Lipinski definition) is 2. The third-order valence-electron chi connectivity index (χ3n) is 2.09. The standard InChI is InChI=1S/C13H17NO2S/c1-2-3-9-14-13(16)12-8-7-11(17-12)6-4-5-10-15/h7-8,15H,2-3,5,9-10H2,1H3,(H,14,16). The lowest BCUT2D eigenvalue weighted by Crippen LogP contribution is -2.23. The molecule has 0 radical (unpaired) electrons. The zero-order valence-corrected chi connectivity index (χ0v) is 10.8. The summed E-state index contributed by atoms with van der Waals surface area (Å²) < 4.78 is 0. The van der Waals surface area contributed by atoms with E-state index in [-0.39, 0.29) is 12.5 Å². The Morgan fingerprint density at radius 1 is 1.53 bits per heavy atom. The number of aliphatic hydroxyl groups is 1. The minimum Gasteiger partial charge on any atom is -0.395 e. The first-order chi connectivity index (χ1) is 8.27. The average Bonchev–Trinajstić information content (AvgIpc) is 2.78. The van der Waals surface area contributed by atoms with Gasteiger partial charge in [-0.15, -0.1) is 11.3 Å². The first-order valence-corrected chi connectivity index (χ1v) is 6.57. The molecular weight excluding hydrogens is 234 g/mol. The molecule has 0 spiro atoms. The van der Waals surface area contributed by atoms with Gasteiger partial charge in [0.2, 0.25) is 0 Å². The molecule has 4 heteroatoms. The van der Waals surface area contributed by atoms with Crippen molar-refractivity contribution >= 4 is 17.2 Å². The lowest BCUT2D eigenvalue weighted by atomic mass is 10.3. The summed E-state index contributed by atoms with van der Waals surface area (Å²) in [6.45, 7) is 2.88. The molecule has 0 aliphatic heterocycles. The fraction of sp³-hybridized carbons (Fsp3) is 0.462. The van der Waals surface area contributed by atoms with Gasteiger partial charge in [-0.2, -0.15) is 0 Å². The number of carbonyl (C=O) groups excluding carboxylic acids is 1. The summed E-state index contributed by atoms with van der Waals surface area (Å²) in [5.74, 6) is 5.72. The Labute approximate surface area is 106 Å². The molecule has 0 atom stereocenters. The molecule has 0 aliphatic carbocycles. The Kier molecular flexibility index (Phi) is 6.38. The Bertz CT molecular complexity index is 415. The van der Waals surface area contributed by atoms with Gasteiger partial charge < -0.3 is 10.4 Å². The van der Waals surface area contributed by atoms with Crippen LogP contribution in [0.3, 0.4) is 0 Å². The molecule has 1 rings (SSSR count). The van der Waals surface area contributed by atoms with E-state index in [1.807, 2.05) is 6.07 Å². The number of rotatable bonds is 5. The highest BCUT2D eigenvalue weighted by molar-refractivity contribution is 7.14. The highest BCUT2D eigenvalue weighted by atomic mass is 32.1. The number of hydrogen-bond acceptors (Lipinski definition) is 3. The van der Waals surface area contributed by atoms with Crippen molar-refractivity contribution in [3.8, 4) is 11.8 Å². The first kappa shape index (κ1) is 13.8. The van der Waals surface area contributed by atoms with Crippen molar-refractivity contribution < 1.29 is 9.90 Å². The molecule has 0 fully saturated rings. The highest BCUT2D eigenvalue weighted by Gasteiger charge is 2.07. The number of unbranched alkanes of at least 4 members (excludes halogenated alkanes) is 1. The zero-order valence-electron chi connectivity index (χ0n) is 9.95. The second kappa shape index (κ2) is 7.88. The number of aliphatic hydroxyl groups excluding tert-OH is 1. The SMILES string of the molecule is CCCCNC(=O)c1ccc(C#CCCO)s1. The maximum atomic E-state index is 11.7. The van der Waals surface area contributed by atoms with Crippen LogP contribution >= 0.6 is 11.3 Å². The summed E-state index contributed by atoms with van der Waals surface area (Å²) in [7, 11) is 0. The monoisotopic (exact) mass is 251 g/mol. The first-order valence-electron chi connectivity index (χ1n) is 5.75. The van der Waals surface area contributed by atoms with Gasteiger partial charge in [0.15, 0.2) is 0 Å². The molecule has 0 saturated carbocycles. The lowest BCUT2D eigenvalue weighted by Gasteiger charge is -2.00. The zero-order chi connectivity index (χ0) is 12.5. The molecular formula is C13H17NO2S. The van der Waals surface area contributed by atoms with E-state index in [0.717, 1.165) is 24.3 Å². The molecule has 1 aromatic heterocycles. The fourth-order valence-electron chi connectivity index (χ4n) is 1.20. The molecule has 17 heavy (non-hydrogen) atoms. The number of amides is 1. The van der Waals surface area contributed by atoms with E-state index >= 15 is 0 Å². The molecule has 2 N–H and O–H groups in total. The van der Waals surface area contributed by atoms with Gasteiger partial charge in [-0.25, -0.2) is 0 Å². The van der Waals surface area contributed by atoms with Crippen molar-refractivity contribution in [3.63, 3.8) is 0 Å². The summed E-state index contributed by atoms with van der Waals surface area (Å²) in [5.41, 5.74) is 0. The van der Waals surface area contributed by atoms with Crippen LogP contribution in [0.15, 0.2) is 12.1 Å². The van der Waals surface area contributed by atoms with Gasteiger partial charge in [-0.05, 0) is 18.6 Å². The lowest BCUT2D eigenvalue weighted by molar-refractivity contribution is 0.0957. The predicted octanol–water partition coefficient (Wildman–Crippen LogP) is 2.01. The van der Waals surface area contributed by atoms with E-state index < -0.39 is 0 Å². The maximum absolute atomic E-state index is 11.7. The van der Waals surface area contributed by atoms with Gasteiger partial charge in [0.05, 0.1) is 16.4 Å². The van der Waals surface area contributed by atoms with E-state index in [0.29, 0.717) is 11.3 Å². The van der Waals surface area contributed by atoms with Gasteiger partial charge in [0, 0.05) is 13.0 Å². The molecule has 0 aliphatic rings. The van der Waals surface area contributed by atoms with Crippen LogP contribution < -0.4 is 5.32 Å². The van der Waals surface area contributed by atoms with Crippen molar-refractivity contribution in [1.29, 1.82) is 0 Å². The Balaban J connectivity index is 2.50. The van der Waals surface area contributed by atoms with E-state index in [4.69, 9.17) is 5.11 Å². The van der Waals surface area contributed by atoms with Crippen molar-refractivity contribution in [2.24, 2.45) is 0 Å². The normalized spacial score (nSPS) is 9.53. The molecule has 0 bridgehead atoms. The molecule has 1 heterocycles. The molecule has 92 valence electrons. The average molecular weight is 251 g/mol.